The van der Waals surface area contributed by atoms with E-state index in [2.05, 4.69) is 12.1 Å². The summed E-state index contributed by atoms with van der Waals surface area (Å²) in [6, 6.07) is 11.3. The Morgan fingerprint density at radius 2 is 1.92 bits per heavy atom. The average Bonchev–Trinajstić information content (AvgIpc) is 2.05. The Hall–Kier alpha value is -0.243. The minimum atomic E-state index is 0.365. The molecular weight excluding hydrogens is 207 g/mol. The molecule has 1 aromatic carbocycles. The van der Waals surface area contributed by atoms with E-state index in [0.717, 1.165) is 6.04 Å². The molecule has 0 spiro atoms. The highest BCUT2D eigenvalue weighted by Gasteiger charge is 1.90. The Kier molecular flexibility index (Phi) is 4.44. The van der Waals surface area contributed by atoms with Gasteiger partial charge in [-0.1, -0.05) is 64.8 Å². The SMILES string of the molecule is ClC(Cl)=C[Si]Cc1ccccc1. The summed E-state index contributed by atoms with van der Waals surface area (Å²) in [6.07, 6.45) is 0. The van der Waals surface area contributed by atoms with Crippen molar-refractivity contribution >= 4 is 32.7 Å². The normalized spacial score (nSPS) is 9.50. The van der Waals surface area contributed by atoms with Crippen molar-refractivity contribution in [2.45, 2.75) is 6.04 Å². The fourth-order valence-corrected chi connectivity index (χ4v) is 2.03. The zero-order valence-corrected chi connectivity index (χ0v) is 8.94. The molecular formula is C9H8Cl2Si. The first kappa shape index (κ1) is 9.84. The number of halogens is 2. The number of hydrogen-bond acceptors (Lipinski definition) is 0. The molecule has 62 valence electrons. The van der Waals surface area contributed by atoms with Crippen LogP contribution in [0, 0.1) is 0 Å². The van der Waals surface area contributed by atoms with Gasteiger partial charge in [0.25, 0.3) is 0 Å². The highest BCUT2D eigenvalue weighted by atomic mass is 35.5. The lowest BCUT2D eigenvalue weighted by Gasteiger charge is -1.94. The summed E-state index contributed by atoms with van der Waals surface area (Å²) < 4.78 is 0.365. The zero-order chi connectivity index (χ0) is 8.81. The van der Waals surface area contributed by atoms with Crippen LogP contribution in [0.4, 0.5) is 0 Å². The van der Waals surface area contributed by atoms with E-state index in [0.29, 0.717) is 14.0 Å². The van der Waals surface area contributed by atoms with E-state index < -0.39 is 0 Å². The molecule has 0 aliphatic rings. The molecule has 0 aliphatic heterocycles. The zero-order valence-electron chi connectivity index (χ0n) is 6.43. The average molecular weight is 215 g/mol. The second-order valence-electron chi connectivity index (χ2n) is 2.30. The van der Waals surface area contributed by atoms with Crippen LogP contribution in [0.5, 0.6) is 0 Å². The third kappa shape index (κ3) is 3.95. The lowest BCUT2D eigenvalue weighted by molar-refractivity contribution is 1.39. The van der Waals surface area contributed by atoms with Crippen molar-refractivity contribution in [2.75, 3.05) is 0 Å². The summed E-state index contributed by atoms with van der Waals surface area (Å²) >= 11 is 11.0. The molecule has 2 radical (unpaired) electrons. The van der Waals surface area contributed by atoms with Crippen molar-refractivity contribution < 1.29 is 0 Å². The van der Waals surface area contributed by atoms with E-state index in [9.17, 15) is 0 Å². The maximum atomic E-state index is 5.48. The maximum Gasteiger partial charge on any atom is 0.0981 e. The molecule has 0 nitrogen and oxygen atoms in total. The second-order valence-corrected chi connectivity index (χ2v) is 4.36. The Morgan fingerprint density at radius 1 is 1.25 bits per heavy atom. The van der Waals surface area contributed by atoms with Crippen molar-refractivity contribution in [1.82, 2.24) is 0 Å². The molecule has 0 atom stereocenters. The number of rotatable bonds is 3. The van der Waals surface area contributed by atoms with E-state index >= 15 is 0 Å². The molecule has 0 bridgehead atoms. The first-order chi connectivity index (χ1) is 5.79. The van der Waals surface area contributed by atoms with E-state index in [1.165, 1.54) is 5.56 Å². The van der Waals surface area contributed by atoms with Gasteiger partial charge in [-0.25, -0.2) is 0 Å². The van der Waals surface area contributed by atoms with Gasteiger partial charge in [0.2, 0.25) is 0 Å². The Labute approximate surface area is 85.0 Å². The molecule has 12 heavy (non-hydrogen) atoms. The van der Waals surface area contributed by atoms with Crippen molar-refractivity contribution in [3.05, 3.63) is 46.1 Å². The van der Waals surface area contributed by atoms with Crippen molar-refractivity contribution in [3.63, 3.8) is 0 Å². The molecule has 0 saturated carbocycles. The van der Waals surface area contributed by atoms with Gasteiger partial charge >= 0.3 is 0 Å². The first-order valence-electron chi connectivity index (χ1n) is 3.57. The van der Waals surface area contributed by atoms with E-state index in [4.69, 9.17) is 23.2 Å². The largest absolute Gasteiger partial charge is 0.0981 e. The summed E-state index contributed by atoms with van der Waals surface area (Å²) in [6.45, 7) is 0. The van der Waals surface area contributed by atoms with Crippen LogP contribution in [-0.4, -0.2) is 9.52 Å². The summed E-state index contributed by atoms with van der Waals surface area (Å²) in [5, 5.41) is 0. The monoisotopic (exact) mass is 214 g/mol. The topological polar surface area (TPSA) is 0 Å². The predicted octanol–water partition coefficient (Wildman–Crippen LogP) is 3.17. The Morgan fingerprint density at radius 3 is 2.50 bits per heavy atom. The molecule has 3 heteroatoms. The summed E-state index contributed by atoms with van der Waals surface area (Å²) in [7, 11) is 0.664. The smallest absolute Gasteiger partial charge is 0.0717 e. The highest BCUT2D eigenvalue weighted by molar-refractivity contribution is 6.60. The van der Waals surface area contributed by atoms with Gasteiger partial charge in [-0.3, -0.25) is 0 Å². The third-order valence-corrected chi connectivity index (χ3v) is 3.05. The van der Waals surface area contributed by atoms with E-state index in [1.807, 2.05) is 23.9 Å². The molecule has 0 aliphatic carbocycles. The van der Waals surface area contributed by atoms with Gasteiger partial charge in [-0.2, -0.15) is 0 Å². The van der Waals surface area contributed by atoms with Gasteiger partial charge < -0.3 is 0 Å². The van der Waals surface area contributed by atoms with Crippen LogP contribution in [0.25, 0.3) is 0 Å². The molecule has 0 amide bonds. The maximum absolute atomic E-state index is 5.48. The number of hydrogen-bond donors (Lipinski definition) is 0. The fraction of sp³-hybridized carbons (Fsp3) is 0.111. The minimum Gasteiger partial charge on any atom is -0.0717 e. The van der Waals surface area contributed by atoms with E-state index in [-0.39, 0.29) is 0 Å². The Bertz CT molecular complexity index is 252. The first-order valence-corrected chi connectivity index (χ1v) is 5.61. The predicted molar refractivity (Wildman–Crippen MR) is 55.7 cm³/mol. The van der Waals surface area contributed by atoms with Gasteiger partial charge in [0.05, 0.1) is 14.0 Å². The number of benzene rings is 1. The Balaban J connectivity index is 2.39. The van der Waals surface area contributed by atoms with Gasteiger partial charge in [-0.05, 0) is 6.04 Å². The highest BCUT2D eigenvalue weighted by Crippen LogP contribution is 2.05. The van der Waals surface area contributed by atoms with Crippen molar-refractivity contribution in [3.8, 4) is 0 Å². The van der Waals surface area contributed by atoms with Gasteiger partial charge in [0.15, 0.2) is 0 Å². The van der Waals surface area contributed by atoms with Crippen LogP contribution < -0.4 is 0 Å². The van der Waals surface area contributed by atoms with Crippen LogP contribution in [0.2, 0.25) is 0 Å². The van der Waals surface area contributed by atoms with Gasteiger partial charge in [0.1, 0.15) is 0 Å². The van der Waals surface area contributed by atoms with Crippen LogP contribution in [0.15, 0.2) is 40.5 Å². The molecule has 0 saturated heterocycles. The molecule has 0 fully saturated rings. The standard InChI is InChI=1S/C9H8Cl2Si/c10-9(11)7-12-6-8-4-2-1-3-5-8/h1-5,7H,6H2. The molecule has 0 unspecified atom stereocenters. The van der Waals surface area contributed by atoms with Crippen molar-refractivity contribution in [1.29, 1.82) is 0 Å². The minimum absolute atomic E-state index is 0.365. The van der Waals surface area contributed by atoms with Gasteiger partial charge in [0, 0.05) is 0 Å². The molecule has 0 N–H and O–H groups in total. The molecule has 0 aromatic heterocycles. The molecule has 1 rings (SSSR count). The molecule has 1 aromatic rings. The quantitative estimate of drug-likeness (QED) is 0.679. The second kappa shape index (κ2) is 5.41. The summed E-state index contributed by atoms with van der Waals surface area (Å²) in [5.41, 5.74) is 3.16. The summed E-state index contributed by atoms with van der Waals surface area (Å²) in [4.78, 5) is 0. The lowest BCUT2D eigenvalue weighted by atomic mass is 10.2. The van der Waals surface area contributed by atoms with Gasteiger partial charge in [-0.15, -0.1) is 0 Å². The van der Waals surface area contributed by atoms with Crippen LogP contribution >= 0.6 is 23.2 Å². The van der Waals surface area contributed by atoms with Crippen LogP contribution in [0.1, 0.15) is 5.56 Å². The van der Waals surface area contributed by atoms with Crippen LogP contribution in [0.3, 0.4) is 0 Å². The third-order valence-electron chi connectivity index (χ3n) is 1.36. The molecule has 0 heterocycles. The summed E-state index contributed by atoms with van der Waals surface area (Å²) in [5.74, 6) is 0. The van der Waals surface area contributed by atoms with E-state index in [1.54, 1.807) is 0 Å². The van der Waals surface area contributed by atoms with Crippen molar-refractivity contribution in [2.24, 2.45) is 0 Å². The van der Waals surface area contributed by atoms with Crippen LogP contribution in [-0.2, 0) is 6.04 Å². The lowest BCUT2D eigenvalue weighted by Crippen LogP contribution is -1.92. The fourth-order valence-electron chi connectivity index (χ4n) is 0.842.